The third kappa shape index (κ3) is 4.82. The van der Waals surface area contributed by atoms with Gasteiger partial charge in [0.15, 0.2) is 0 Å². The minimum atomic E-state index is -0.930. The van der Waals surface area contributed by atoms with Crippen LogP contribution in [0.1, 0.15) is 33.6 Å². The van der Waals surface area contributed by atoms with Crippen molar-refractivity contribution in [2.75, 3.05) is 6.61 Å². The molecule has 1 N–H and O–H groups in total. The van der Waals surface area contributed by atoms with E-state index in [0.29, 0.717) is 31.7 Å². The second kappa shape index (κ2) is 11.1. The molecule has 0 atom stereocenters. The van der Waals surface area contributed by atoms with Gasteiger partial charge in [0.05, 0.1) is 12.1 Å². The summed E-state index contributed by atoms with van der Waals surface area (Å²) in [5.74, 6) is -0.0850. The van der Waals surface area contributed by atoms with E-state index < -0.39 is 5.97 Å². The van der Waals surface area contributed by atoms with E-state index in [1.165, 1.54) is 0 Å². The molecule has 0 aliphatic heterocycles. The molecule has 0 saturated heterocycles. The van der Waals surface area contributed by atoms with E-state index in [2.05, 4.69) is 48.3 Å². The van der Waals surface area contributed by atoms with Gasteiger partial charge in [0.25, 0.3) is 0 Å². The van der Waals surface area contributed by atoms with Crippen molar-refractivity contribution in [2.24, 2.45) is 0 Å². The number of para-hydroxylation sites is 1. The minimum absolute atomic E-state index is 0.324. The van der Waals surface area contributed by atoms with E-state index in [-0.39, 0.29) is 0 Å². The molecule has 6 aromatic rings. The van der Waals surface area contributed by atoms with Gasteiger partial charge < -0.3 is 14.4 Å². The van der Waals surface area contributed by atoms with Crippen LogP contribution in [0.3, 0.4) is 0 Å². The molecule has 0 bridgehead atoms. The summed E-state index contributed by atoms with van der Waals surface area (Å²) in [6.45, 7) is 2.99. The number of benzene rings is 4. The van der Waals surface area contributed by atoms with Crippen molar-refractivity contribution in [3.05, 3.63) is 132 Å². The Morgan fingerprint density at radius 2 is 1.60 bits per heavy atom. The molecule has 4 aromatic carbocycles. The van der Waals surface area contributed by atoms with Crippen LogP contribution in [0, 0.1) is 6.92 Å². The second-order valence-corrected chi connectivity index (χ2v) is 10.0. The minimum Gasteiger partial charge on any atom is -0.493 e. The highest BCUT2D eigenvalue weighted by atomic mass is 16.5. The number of aromatic carboxylic acids is 1. The Morgan fingerprint density at radius 1 is 0.850 bits per heavy atom. The number of carboxylic acid groups (broad SMARTS) is 1. The SMILES string of the molecule is Cc1ccccc1-c1cccc2c(CCCOc3cccc4ccccc34)c(C(=O)O)n(Cc3cccnc3)c12. The average Bonchev–Trinajstić information content (AvgIpc) is 3.29. The maximum Gasteiger partial charge on any atom is 0.352 e. The molecule has 2 heterocycles. The highest BCUT2D eigenvalue weighted by molar-refractivity contribution is 6.04. The van der Waals surface area contributed by atoms with E-state index in [1.807, 2.05) is 65.2 Å². The lowest BCUT2D eigenvalue weighted by Gasteiger charge is -2.13. The number of carboxylic acids is 1. The van der Waals surface area contributed by atoms with Crippen molar-refractivity contribution in [3.8, 4) is 16.9 Å². The number of carbonyl (C=O) groups is 1. The van der Waals surface area contributed by atoms with Crippen molar-refractivity contribution in [3.63, 3.8) is 0 Å². The smallest absolute Gasteiger partial charge is 0.352 e. The summed E-state index contributed by atoms with van der Waals surface area (Å²) in [6.07, 6.45) is 4.80. The van der Waals surface area contributed by atoms with Crippen LogP contribution in [0.15, 0.2) is 109 Å². The number of pyridine rings is 1. The van der Waals surface area contributed by atoms with E-state index in [0.717, 1.165) is 55.2 Å². The topological polar surface area (TPSA) is 64.3 Å². The molecule has 0 aliphatic carbocycles. The molecule has 0 amide bonds. The molecule has 5 nitrogen and oxygen atoms in total. The summed E-state index contributed by atoms with van der Waals surface area (Å²) in [5, 5.41) is 13.7. The molecule has 0 spiro atoms. The summed E-state index contributed by atoms with van der Waals surface area (Å²) in [4.78, 5) is 17.1. The Bertz CT molecular complexity index is 1820. The largest absolute Gasteiger partial charge is 0.493 e. The van der Waals surface area contributed by atoms with E-state index >= 15 is 0 Å². The summed E-state index contributed by atoms with van der Waals surface area (Å²) >= 11 is 0. The standard InChI is InChI=1S/C35H30N2O3/c1-24-10-2-4-14-27(24)29-16-7-17-30-31(18-9-21-40-32-19-6-13-26-12-3-5-15-28(26)32)34(35(38)39)37(33(29)30)23-25-11-8-20-36-22-25/h2-8,10-17,19-20,22H,9,18,21,23H2,1H3,(H,38,39). The fourth-order valence-electron chi connectivity index (χ4n) is 5.66. The van der Waals surface area contributed by atoms with Crippen molar-refractivity contribution >= 4 is 27.6 Å². The Kier molecular flexibility index (Phi) is 7.02. The van der Waals surface area contributed by atoms with Crippen LogP contribution >= 0.6 is 0 Å². The van der Waals surface area contributed by atoms with Crippen molar-refractivity contribution in [1.82, 2.24) is 9.55 Å². The van der Waals surface area contributed by atoms with Gasteiger partial charge in [-0.2, -0.15) is 0 Å². The fourth-order valence-corrected chi connectivity index (χ4v) is 5.66. The monoisotopic (exact) mass is 526 g/mol. The third-order valence-corrected chi connectivity index (χ3v) is 7.47. The van der Waals surface area contributed by atoms with E-state index in [1.54, 1.807) is 12.4 Å². The van der Waals surface area contributed by atoms with Crippen molar-refractivity contribution in [1.29, 1.82) is 0 Å². The quantitative estimate of drug-likeness (QED) is 0.194. The lowest BCUT2D eigenvalue weighted by Crippen LogP contribution is -2.12. The maximum absolute atomic E-state index is 12.9. The van der Waals surface area contributed by atoms with Gasteiger partial charge in [-0.05, 0) is 59.5 Å². The van der Waals surface area contributed by atoms with Gasteiger partial charge in [-0.15, -0.1) is 0 Å². The van der Waals surface area contributed by atoms with Crippen LogP contribution < -0.4 is 4.74 Å². The highest BCUT2D eigenvalue weighted by Crippen LogP contribution is 2.37. The normalized spacial score (nSPS) is 11.2. The molecule has 5 heteroatoms. The number of aromatic nitrogens is 2. The molecular formula is C35H30N2O3. The number of fused-ring (bicyclic) bond motifs is 2. The van der Waals surface area contributed by atoms with Gasteiger partial charge in [-0.1, -0.05) is 84.9 Å². The first-order chi connectivity index (χ1) is 19.6. The van der Waals surface area contributed by atoms with Gasteiger partial charge in [0, 0.05) is 35.3 Å². The molecule has 40 heavy (non-hydrogen) atoms. The van der Waals surface area contributed by atoms with E-state index in [4.69, 9.17) is 4.74 Å². The molecule has 0 radical (unpaired) electrons. The van der Waals surface area contributed by atoms with Crippen LogP contribution in [-0.2, 0) is 13.0 Å². The number of rotatable bonds is 9. The Hall–Kier alpha value is -4.90. The zero-order valence-corrected chi connectivity index (χ0v) is 22.4. The second-order valence-electron chi connectivity index (χ2n) is 10.0. The predicted octanol–water partition coefficient (Wildman–Crippen LogP) is 7.92. The predicted molar refractivity (Wildman–Crippen MR) is 160 cm³/mol. The Balaban J connectivity index is 1.40. The highest BCUT2D eigenvalue weighted by Gasteiger charge is 2.25. The molecule has 0 fully saturated rings. The molecule has 0 saturated carbocycles. The fraction of sp³-hybridized carbons (Fsp3) is 0.143. The number of hydrogen-bond acceptors (Lipinski definition) is 3. The van der Waals surface area contributed by atoms with E-state index in [9.17, 15) is 9.90 Å². The summed E-state index contributed by atoms with van der Waals surface area (Å²) in [6, 6.07) is 32.5. The van der Waals surface area contributed by atoms with Crippen LogP contribution in [0.4, 0.5) is 0 Å². The van der Waals surface area contributed by atoms with Gasteiger partial charge in [0.2, 0.25) is 0 Å². The molecule has 198 valence electrons. The molecule has 6 rings (SSSR count). The number of hydrogen-bond donors (Lipinski definition) is 1. The molecule has 2 aromatic heterocycles. The Labute approximate surface area is 233 Å². The van der Waals surface area contributed by atoms with Crippen molar-refractivity contribution < 1.29 is 14.6 Å². The molecular weight excluding hydrogens is 496 g/mol. The molecule has 0 aliphatic rings. The Morgan fingerprint density at radius 3 is 2.42 bits per heavy atom. The third-order valence-electron chi connectivity index (χ3n) is 7.47. The first-order valence-corrected chi connectivity index (χ1v) is 13.5. The lowest BCUT2D eigenvalue weighted by atomic mass is 9.97. The lowest BCUT2D eigenvalue weighted by molar-refractivity contribution is 0.0685. The number of nitrogens with zero attached hydrogens (tertiary/aromatic N) is 2. The average molecular weight is 527 g/mol. The number of aryl methyl sites for hydroxylation is 2. The van der Waals surface area contributed by atoms with Gasteiger partial charge in [0.1, 0.15) is 11.4 Å². The van der Waals surface area contributed by atoms with Crippen molar-refractivity contribution in [2.45, 2.75) is 26.3 Å². The first-order valence-electron chi connectivity index (χ1n) is 13.5. The van der Waals surface area contributed by atoms with Crippen LogP contribution in [0.5, 0.6) is 5.75 Å². The van der Waals surface area contributed by atoms with Gasteiger partial charge in [-0.3, -0.25) is 4.98 Å². The van der Waals surface area contributed by atoms with Gasteiger partial charge >= 0.3 is 5.97 Å². The zero-order chi connectivity index (χ0) is 27.5. The summed E-state index contributed by atoms with van der Waals surface area (Å²) in [7, 11) is 0. The summed E-state index contributed by atoms with van der Waals surface area (Å²) in [5.41, 5.74) is 6.32. The maximum atomic E-state index is 12.9. The number of ether oxygens (including phenoxy) is 1. The molecule has 0 unspecified atom stereocenters. The zero-order valence-electron chi connectivity index (χ0n) is 22.4. The summed E-state index contributed by atoms with van der Waals surface area (Å²) < 4.78 is 8.16. The van der Waals surface area contributed by atoms with Crippen LogP contribution in [-0.4, -0.2) is 27.2 Å². The first kappa shape index (κ1) is 25.4. The van der Waals surface area contributed by atoms with Crippen LogP contribution in [0.25, 0.3) is 32.8 Å². The van der Waals surface area contributed by atoms with Crippen LogP contribution in [0.2, 0.25) is 0 Å². The van der Waals surface area contributed by atoms with Gasteiger partial charge in [-0.25, -0.2) is 4.79 Å².